The highest BCUT2D eigenvalue weighted by molar-refractivity contribution is 5.87. The van der Waals surface area contributed by atoms with Crippen molar-refractivity contribution in [2.45, 2.75) is 6.42 Å². The third-order valence-corrected chi connectivity index (χ3v) is 2.87. The van der Waals surface area contributed by atoms with Crippen molar-refractivity contribution in [2.24, 2.45) is 0 Å². The van der Waals surface area contributed by atoms with Crippen LogP contribution in [0, 0.1) is 0 Å². The predicted molar refractivity (Wildman–Crippen MR) is 60.3 cm³/mol. The van der Waals surface area contributed by atoms with Gasteiger partial charge in [-0.05, 0) is 12.1 Å². The lowest BCUT2D eigenvalue weighted by Gasteiger charge is -2.06. The summed E-state index contributed by atoms with van der Waals surface area (Å²) >= 11 is 0. The molecule has 0 radical (unpaired) electrons. The minimum Gasteiger partial charge on any atom is -0.497 e. The van der Waals surface area contributed by atoms with E-state index in [0.717, 1.165) is 28.0 Å². The Morgan fingerprint density at radius 1 is 1.44 bits per heavy atom. The van der Waals surface area contributed by atoms with Gasteiger partial charge in [-0.2, -0.15) is 0 Å². The number of ether oxygens (including phenoxy) is 2. The molecule has 16 heavy (non-hydrogen) atoms. The third kappa shape index (κ3) is 1.19. The van der Waals surface area contributed by atoms with E-state index in [1.54, 1.807) is 13.2 Å². The lowest BCUT2D eigenvalue weighted by atomic mass is 10.1. The molecule has 1 N–H and O–H groups in total. The summed E-state index contributed by atoms with van der Waals surface area (Å²) in [5, 5.41) is 0.938. The minimum atomic E-state index is -0.0618. The van der Waals surface area contributed by atoms with Gasteiger partial charge in [0.25, 0.3) is 5.56 Å². The van der Waals surface area contributed by atoms with Crippen LogP contribution in [-0.2, 0) is 6.42 Å². The third-order valence-electron chi connectivity index (χ3n) is 2.87. The molecule has 2 aromatic rings. The highest BCUT2D eigenvalue weighted by Crippen LogP contribution is 2.31. The van der Waals surface area contributed by atoms with Crippen LogP contribution in [0.1, 0.15) is 5.56 Å². The molecule has 1 aliphatic rings. The Balaban J connectivity index is 2.38. The quantitative estimate of drug-likeness (QED) is 0.787. The number of aromatic amines is 1. The van der Waals surface area contributed by atoms with E-state index in [0.29, 0.717) is 13.0 Å². The minimum absolute atomic E-state index is 0.0618. The molecule has 0 bridgehead atoms. The number of nitrogens with one attached hydrogen (secondary N) is 1. The molecule has 0 amide bonds. The standard InChI is InChI=1S/C12H11NO3/c1-15-7-2-3-8-10(6-7)13-12(14)9-4-5-16-11(8)9/h2-3,6H,4-5H2,1H3,(H,13,14). The van der Waals surface area contributed by atoms with Crippen molar-refractivity contribution < 1.29 is 9.47 Å². The molecule has 2 heterocycles. The number of methoxy groups -OCH3 is 1. The molecular weight excluding hydrogens is 206 g/mol. The van der Waals surface area contributed by atoms with Crippen molar-refractivity contribution in [2.75, 3.05) is 13.7 Å². The van der Waals surface area contributed by atoms with Gasteiger partial charge in [0.15, 0.2) is 0 Å². The van der Waals surface area contributed by atoms with E-state index in [9.17, 15) is 4.79 Å². The monoisotopic (exact) mass is 217 g/mol. The Bertz CT molecular complexity index is 615. The number of hydrogen-bond acceptors (Lipinski definition) is 3. The number of H-pyrrole nitrogens is 1. The molecule has 0 spiro atoms. The second-order valence-corrected chi connectivity index (χ2v) is 3.77. The summed E-state index contributed by atoms with van der Waals surface area (Å²) in [6, 6.07) is 5.58. The van der Waals surface area contributed by atoms with E-state index >= 15 is 0 Å². The fourth-order valence-electron chi connectivity index (χ4n) is 2.06. The van der Waals surface area contributed by atoms with Crippen LogP contribution in [0.25, 0.3) is 10.9 Å². The molecule has 0 fully saturated rings. The highest BCUT2D eigenvalue weighted by Gasteiger charge is 2.19. The molecule has 0 unspecified atom stereocenters. The van der Waals surface area contributed by atoms with Crippen molar-refractivity contribution in [3.63, 3.8) is 0 Å². The molecule has 1 aromatic carbocycles. The summed E-state index contributed by atoms with van der Waals surface area (Å²) in [7, 11) is 1.60. The van der Waals surface area contributed by atoms with Gasteiger partial charge in [-0.3, -0.25) is 4.79 Å². The topological polar surface area (TPSA) is 51.3 Å². The average Bonchev–Trinajstić information content (AvgIpc) is 2.78. The smallest absolute Gasteiger partial charge is 0.255 e. The molecule has 82 valence electrons. The first-order chi connectivity index (χ1) is 7.79. The van der Waals surface area contributed by atoms with E-state index in [2.05, 4.69) is 4.98 Å². The van der Waals surface area contributed by atoms with Gasteiger partial charge >= 0.3 is 0 Å². The van der Waals surface area contributed by atoms with Gasteiger partial charge in [0.1, 0.15) is 11.5 Å². The maximum atomic E-state index is 11.7. The number of rotatable bonds is 1. The lowest BCUT2D eigenvalue weighted by molar-refractivity contribution is 0.360. The Hall–Kier alpha value is -1.97. The van der Waals surface area contributed by atoms with Gasteiger partial charge in [-0.15, -0.1) is 0 Å². The Kier molecular flexibility index (Phi) is 1.89. The van der Waals surface area contributed by atoms with Gasteiger partial charge in [0.2, 0.25) is 0 Å². The number of fused-ring (bicyclic) bond motifs is 3. The Labute approximate surface area is 91.8 Å². The second kappa shape index (κ2) is 3.27. The van der Waals surface area contributed by atoms with E-state index in [-0.39, 0.29) is 5.56 Å². The van der Waals surface area contributed by atoms with Crippen molar-refractivity contribution in [3.8, 4) is 11.5 Å². The van der Waals surface area contributed by atoms with Gasteiger partial charge in [0, 0.05) is 17.9 Å². The summed E-state index contributed by atoms with van der Waals surface area (Å²) in [5.74, 6) is 1.45. The number of pyridine rings is 1. The van der Waals surface area contributed by atoms with Crippen LogP contribution in [0.3, 0.4) is 0 Å². The van der Waals surface area contributed by atoms with Crippen LogP contribution in [0.4, 0.5) is 0 Å². The predicted octanol–water partition coefficient (Wildman–Crippen LogP) is 1.47. The highest BCUT2D eigenvalue weighted by atomic mass is 16.5. The van der Waals surface area contributed by atoms with Gasteiger partial charge < -0.3 is 14.5 Å². The summed E-state index contributed by atoms with van der Waals surface area (Å²) in [4.78, 5) is 14.6. The number of hydrogen-bond donors (Lipinski definition) is 1. The van der Waals surface area contributed by atoms with Crippen LogP contribution in [0.15, 0.2) is 23.0 Å². The van der Waals surface area contributed by atoms with Gasteiger partial charge in [-0.25, -0.2) is 0 Å². The van der Waals surface area contributed by atoms with E-state index < -0.39 is 0 Å². The van der Waals surface area contributed by atoms with Crippen LogP contribution in [0.2, 0.25) is 0 Å². The molecule has 0 atom stereocenters. The van der Waals surface area contributed by atoms with Crippen LogP contribution in [-0.4, -0.2) is 18.7 Å². The van der Waals surface area contributed by atoms with E-state index in [1.807, 2.05) is 12.1 Å². The van der Waals surface area contributed by atoms with E-state index in [1.165, 1.54) is 0 Å². The average molecular weight is 217 g/mol. The second-order valence-electron chi connectivity index (χ2n) is 3.77. The number of aromatic nitrogens is 1. The fraction of sp³-hybridized carbons (Fsp3) is 0.250. The molecule has 0 saturated carbocycles. The summed E-state index contributed by atoms with van der Waals surface area (Å²) < 4.78 is 10.6. The number of benzene rings is 1. The molecule has 0 aliphatic carbocycles. The molecule has 0 saturated heterocycles. The zero-order chi connectivity index (χ0) is 11.1. The van der Waals surface area contributed by atoms with Crippen molar-refractivity contribution in [3.05, 3.63) is 34.1 Å². The van der Waals surface area contributed by atoms with Gasteiger partial charge in [-0.1, -0.05) is 0 Å². The first-order valence-corrected chi connectivity index (χ1v) is 5.15. The fourth-order valence-corrected chi connectivity index (χ4v) is 2.06. The first kappa shape index (κ1) is 9.27. The zero-order valence-corrected chi connectivity index (χ0v) is 8.87. The van der Waals surface area contributed by atoms with Crippen molar-refractivity contribution in [1.29, 1.82) is 0 Å². The summed E-state index contributed by atoms with van der Waals surface area (Å²) in [6.07, 6.45) is 0.687. The Morgan fingerprint density at radius 3 is 3.12 bits per heavy atom. The van der Waals surface area contributed by atoms with Crippen LogP contribution >= 0.6 is 0 Å². The van der Waals surface area contributed by atoms with Crippen LogP contribution < -0.4 is 15.0 Å². The first-order valence-electron chi connectivity index (χ1n) is 5.15. The largest absolute Gasteiger partial charge is 0.497 e. The Morgan fingerprint density at radius 2 is 2.31 bits per heavy atom. The van der Waals surface area contributed by atoms with Crippen molar-refractivity contribution >= 4 is 10.9 Å². The molecule has 4 heteroatoms. The maximum Gasteiger partial charge on any atom is 0.255 e. The van der Waals surface area contributed by atoms with Gasteiger partial charge in [0.05, 0.1) is 24.8 Å². The maximum absolute atomic E-state index is 11.7. The zero-order valence-electron chi connectivity index (χ0n) is 8.87. The molecular formula is C12H11NO3. The van der Waals surface area contributed by atoms with E-state index in [4.69, 9.17) is 9.47 Å². The molecule has 4 nitrogen and oxygen atoms in total. The normalized spacial score (nSPS) is 13.6. The SMILES string of the molecule is COc1ccc2c3c(c(=O)[nH]c2c1)CCO3. The van der Waals surface area contributed by atoms with Crippen LogP contribution in [0.5, 0.6) is 11.5 Å². The summed E-state index contributed by atoms with van der Waals surface area (Å²) in [5.41, 5.74) is 1.44. The molecule has 1 aromatic heterocycles. The van der Waals surface area contributed by atoms with Crippen molar-refractivity contribution in [1.82, 2.24) is 4.98 Å². The lowest BCUT2D eigenvalue weighted by Crippen LogP contribution is -2.10. The summed E-state index contributed by atoms with van der Waals surface area (Å²) in [6.45, 7) is 0.587. The molecule has 1 aliphatic heterocycles. The molecule has 3 rings (SSSR count).